The van der Waals surface area contributed by atoms with Gasteiger partial charge in [-0.05, 0) is 18.6 Å². The van der Waals surface area contributed by atoms with Gasteiger partial charge in [-0.3, -0.25) is 9.78 Å². The van der Waals surface area contributed by atoms with Gasteiger partial charge in [0.05, 0.1) is 18.2 Å². The number of carbonyl (C=O) groups excluding carboxylic acids is 1. The third kappa shape index (κ3) is 4.11. The van der Waals surface area contributed by atoms with Crippen molar-refractivity contribution in [1.82, 2.24) is 15.3 Å². The number of aromatic nitrogens is 2. The van der Waals surface area contributed by atoms with Gasteiger partial charge in [0.15, 0.2) is 0 Å². The molecule has 2 aromatic heterocycles. The Morgan fingerprint density at radius 1 is 1.58 bits per heavy atom. The monoisotopic (exact) mass is 276 g/mol. The van der Waals surface area contributed by atoms with E-state index in [0.29, 0.717) is 6.54 Å². The Balaban J connectivity index is 1.84. The van der Waals surface area contributed by atoms with E-state index in [1.165, 1.54) is 11.3 Å². The van der Waals surface area contributed by atoms with E-state index in [0.717, 1.165) is 16.3 Å². The fourth-order valence-corrected chi connectivity index (χ4v) is 2.32. The van der Waals surface area contributed by atoms with Crippen molar-refractivity contribution in [2.24, 2.45) is 5.73 Å². The summed E-state index contributed by atoms with van der Waals surface area (Å²) in [5, 5.41) is 5.57. The van der Waals surface area contributed by atoms with E-state index in [9.17, 15) is 4.79 Å². The lowest BCUT2D eigenvalue weighted by molar-refractivity contribution is -0.120. The molecular weight excluding hydrogens is 260 g/mol. The lowest BCUT2D eigenvalue weighted by Crippen LogP contribution is -2.24. The van der Waals surface area contributed by atoms with Gasteiger partial charge in [-0.2, -0.15) is 0 Å². The smallest absolute Gasteiger partial charge is 0.226 e. The van der Waals surface area contributed by atoms with Crippen LogP contribution in [0.5, 0.6) is 0 Å². The molecule has 5 nitrogen and oxygen atoms in total. The van der Waals surface area contributed by atoms with Gasteiger partial charge >= 0.3 is 0 Å². The van der Waals surface area contributed by atoms with E-state index >= 15 is 0 Å². The Morgan fingerprint density at radius 2 is 2.42 bits per heavy atom. The normalized spacial score (nSPS) is 12.1. The quantitative estimate of drug-likeness (QED) is 0.865. The molecule has 0 saturated carbocycles. The first kappa shape index (κ1) is 13.6. The first-order valence-electron chi connectivity index (χ1n) is 6.00. The number of nitrogens with zero attached hydrogens (tertiary/aromatic N) is 2. The topological polar surface area (TPSA) is 80.9 Å². The first-order valence-corrected chi connectivity index (χ1v) is 6.88. The van der Waals surface area contributed by atoms with E-state index in [4.69, 9.17) is 5.73 Å². The first-order chi connectivity index (χ1) is 9.15. The van der Waals surface area contributed by atoms with Crippen LogP contribution in [0.3, 0.4) is 0 Å². The molecule has 0 aliphatic rings. The van der Waals surface area contributed by atoms with Crippen LogP contribution in [0.4, 0.5) is 0 Å². The van der Waals surface area contributed by atoms with E-state index in [2.05, 4.69) is 15.3 Å². The van der Waals surface area contributed by atoms with Gasteiger partial charge in [0, 0.05) is 24.3 Å². The molecule has 0 saturated heterocycles. The SMILES string of the molecule is CC(N)c1nc(CC(=O)NCc2cccnc2)cs1. The number of rotatable bonds is 5. The zero-order chi connectivity index (χ0) is 13.7. The minimum Gasteiger partial charge on any atom is -0.352 e. The molecule has 0 bridgehead atoms. The average Bonchev–Trinajstić information content (AvgIpc) is 2.86. The maximum atomic E-state index is 11.8. The predicted octanol–water partition coefficient (Wildman–Crippen LogP) is 1.42. The molecule has 1 atom stereocenters. The summed E-state index contributed by atoms with van der Waals surface area (Å²) in [6.45, 7) is 2.36. The van der Waals surface area contributed by atoms with Gasteiger partial charge in [-0.1, -0.05) is 6.07 Å². The van der Waals surface area contributed by atoms with Crippen molar-refractivity contribution >= 4 is 17.2 Å². The number of pyridine rings is 1. The summed E-state index contributed by atoms with van der Waals surface area (Å²) < 4.78 is 0. The van der Waals surface area contributed by atoms with Gasteiger partial charge in [0.25, 0.3) is 0 Å². The highest BCUT2D eigenvalue weighted by molar-refractivity contribution is 7.09. The van der Waals surface area contributed by atoms with Gasteiger partial charge in [-0.25, -0.2) is 4.98 Å². The van der Waals surface area contributed by atoms with Crippen molar-refractivity contribution < 1.29 is 4.79 Å². The molecule has 2 aromatic rings. The largest absolute Gasteiger partial charge is 0.352 e. The molecule has 2 rings (SSSR count). The number of nitrogens with two attached hydrogens (primary N) is 1. The van der Waals surface area contributed by atoms with E-state index in [1.54, 1.807) is 12.4 Å². The summed E-state index contributed by atoms with van der Waals surface area (Å²) >= 11 is 1.49. The Morgan fingerprint density at radius 3 is 3.05 bits per heavy atom. The Labute approximate surface area is 115 Å². The van der Waals surface area contributed by atoms with Crippen molar-refractivity contribution in [3.05, 3.63) is 46.2 Å². The van der Waals surface area contributed by atoms with Gasteiger partial charge in [0.1, 0.15) is 5.01 Å². The van der Waals surface area contributed by atoms with Crippen LogP contribution >= 0.6 is 11.3 Å². The minimum absolute atomic E-state index is 0.0506. The van der Waals surface area contributed by atoms with Crippen molar-refractivity contribution in [2.75, 3.05) is 0 Å². The second kappa shape index (κ2) is 6.40. The summed E-state index contributed by atoms with van der Waals surface area (Å²) in [6, 6.07) is 3.68. The molecule has 0 aromatic carbocycles. The van der Waals surface area contributed by atoms with E-state index in [1.807, 2.05) is 24.4 Å². The molecular formula is C13H16N4OS. The Bertz CT molecular complexity index is 539. The number of carbonyl (C=O) groups is 1. The highest BCUT2D eigenvalue weighted by atomic mass is 32.1. The van der Waals surface area contributed by atoms with Crippen LogP contribution in [0, 0.1) is 0 Å². The molecule has 1 unspecified atom stereocenters. The van der Waals surface area contributed by atoms with E-state index < -0.39 is 0 Å². The van der Waals surface area contributed by atoms with Crippen LogP contribution in [0.2, 0.25) is 0 Å². The maximum Gasteiger partial charge on any atom is 0.226 e. The van der Waals surface area contributed by atoms with Crippen LogP contribution in [0.25, 0.3) is 0 Å². The lowest BCUT2D eigenvalue weighted by Gasteiger charge is -2.03. The molecule has 1 amide bonds. The Hall–Kier alpha value is -1.79. The van der Waals surface area contributed by atoms with Crippen molar-refractivity contribution in [3.63, 3.8) is 0 Å². The van der Waals surface area contributed by atoms with Crippen molar-refractivity contribution in [2.45, 2.75) is 25.9 Å². The number of nitrogens with one attached hydrogen (secondary N) is 1. The zero-order valence-electron chi connectivity index (χ0n) is 10.7. The van der Waals surface area contributed by atoms with Crippen LogP contribution in [-0.2, 0) is 17.8 Å². The molecule has 0 spiro atoms. The van der Waals surface area contributed by atoms with Gasteiger partial charge in [-0.15, -0.1) is 11.3 Å². The summed E-state index contributed by atoms with van der Waals surface area (Å²) in [7, 11) is 0. The second-order valence-corrected chi connectivity index (χ2v) is 5.17. The van der Waals surface area contributed by atoms with Crippen molar-refractivity contribution in [3.8, 4) is 0 Å². The third-order valence-corrected chi connectivity index (χ3v) is 3.61. The number of amides is 1. The maximum absolute atomic E-state index is 11.8. The highest BCUT2D eigenvalue weighted by Crippen LogP contribution is 2.16. The summed E-state index contributed by atoms with van der Waals surface area (Å²) in [6.07, 6.45) is 3.72. The predicted molar refractivity (Wildman–Crippen MR) is 74.5 cm³/mol. The standard InChI is InChI=1S/C13H16N4OS/c1-9(14)13-17-11(8-19-13)5-12(18)16-7-10-3-2-4-15-6-10/h2-4,6,8-9H,5,7,14H2,1H3,(H,16,18). The Kier molecular flexibility index (Phi) is 4.59. The minimum atomic E-state index is -0.0859. The van der Waals surface area contributed by atoms with Gasteiger partial charge < -0.3 is 11.1 Å². The molecule has 2 heterocycles. The summed E-state index contributed by atoms with van der Waals surface area (Å²) in [5.74, 6) is -0.0506. The number of hydrogen-bond donors (Lipinski definition) is 2. The molecule has 0 aliphatic carbocycles. The second-order valence-electron chi connectivity index (χ2n) is 4.28. The summed E-state index contributed by atoms with van der Waals surface area (Å²) in [4.78, 5) is 20.1. The molecule has 6 heteroatoms. The van der Waals surface area contributed by atoms with Crippen LogP contribution in [-0.4, -0.2) is 15.9 Å². The molecule has 100 valence electrons. The number of thiazole rings is 1. The van der Waals surface area contributed by atoms with Crippen LogP contribution in [0.15, 0.2) is 29.9 Å². The lowest BCUT2D eigenvalue weighted by atomic mass is 10.2. The molecule has 0 fully saturated rings. The van der Waals surface area contributed by atoms with Gasteiger partial charge in [0.2, 0.25) is 5.91 Å². The molecule has 19 heavy (non-hydrogen) atoms. The molecule has 0 aliphatic heterocycles. The third-order valence-electron chi connectivity index (χ3n) is 2.51. The van der Waals surface area contributed by atoms with Crippen LogP contribution in [0.1, 0.15) is 29.2 Å². The molecule has 3 N–H and O–H groups in total. The fourth-order valence-electron chi connectivity index (χ4n) is 1.54. The van der Waals surface area contributed by atoms with E-state index in [-0.39, 0.29) is 18.4 Å². The number of hydrogen-bond acceptors (Lipinski definition) is 5. The highest BCUT2D eigenvalue weighted by Gasteiger charge is 2.09. The average molecular weight is 276 g/mol. The van der Waals surface area contributed by atoms with Crippen molar-refractivity contribution in [1.29, 1.82) is 0 Å². The summed E-state index contributed by atoms with van der Waals surface area (Å²) in [5.41, 5.74) is 7.47. The zero-order valence-corrected chi connectivity index (χ0v) is 11.5. The molecule has 0 radical (unpaired) electrons. The van der Waals surface area contributed by atoms with Crippen LogP contribution < -0.4 is 11.1 Å². The fraction of sp³-hybridized carbons (Fsp3) is 0.308.